The number of hydrogen-bond acceptors (Lipinski definition) is 5. The third-order valence-corrected chi connectivity index (χ3v) is 1.91. The maximum Gasteiger partial charge on any atom is 0.471 e. The highest BCUT2D eigenvalue weighted by Gasteiger charge is 2.39. The SMILES string of the molecule is COc1cc(N([O-])O)ccc1NC(=O)C(F)(F)F. The van der Waals surface area contributed by atoms with E-state index in [4.69, 9.17) is 9.94 Å². The van der Waals surface area contributed by atoms with Crippen LogP contribution >= 0.6 is 0 Å². The summed E-state index contributed by atoms with van der Waals surface area (Å²) in [6.45, 7) is 0. The molecule has 0 heterocycles. The second kappa shape index (κ2) is 5.10. The summed E-state index contributed by atoms with van der Waals surface area (Å²) in [6, 6.07) is 2.99. The number of hydrogen-bond donors (Lipinski definition) is 2. The van der Waals surface area contributed by atoms with Crippen molar-refractivity contribution in [1.82, 2.24) is 0 Å². The van der Waals surface area contributed by atoms with Gasteiger partial charge in [0, 0.05) is 6.07 Å². The minimum absolute atomic E-state index is 0.194. The molecule has 0 radical (unpaired) electrons. The molecule has 0 saturated heterocycles. The highest BCUT2D eigenvalue weighted by molar-refractivity contribution is 5.96. The number of rotatable bonds is 3. The Bertz CT molecular complexity index is 448. The van der Waals surface area contributed by atoms with Crippen LogP contribution < -0.4 is 15.3 Å². The van der Waals surface area contributed by atoms with E-state index in [-0.39, 0.29) is 17.1 Å². The van der Waals surface area contributed by atoms with Crippen LogP contribution in [0, 0.1) is 5.21 Å². The molecular formula is C9H8F3N2O4-. The summed E-state index contributed by atoms with van der Waals surface area (Å²) >= 11 is 0. The number of methoxy groups -OCH3 is 1. The van der Waals surface area contributed by atoms with Crippen molar-refractivity contribution in [3.05, 3.63) is 23.4 Å². The fourth-order valence-electron chi connectivity index (χ4n) is 1.10. The molecule has 0 fully saturated rings. The summed E-state index contributed by atoms with van der Waals surface area (Å²) in [6.07, 6.45) is -5.04. The van der Waals surface area contributed by atoms with Crippen LogP contribution in [0.3, 0.4) is 0 Å². The second-order valence-electron chi connectivity index (χ2n) is 3.11. The van der Waals surface area contributed by atoms with E-state index in [1.165, 1.54) is 0 Å². The predicted octanol–water partition coefficient (Wildman–Crippen LogP) is 1.89. The normalized spacial score (nSPS) is 11.0. The largest absolute Gasteiger partial charge is 0.733 e. The Hall–Kier alpha value is -2.00. The zero-order valence-electron chi connectivity index (χ0n) is 8.99. The van der Waals surface area contributed by atoms with Crippen LogP contribution in [0.2, 0.25) is 0 Å². The first kappa shape index (κ1) is 14.1. The number of alkyl halides is 3. The topological polar surface area (TPSA) is 84.9 Å². The lowest BCUT2D eigenvalue weighted by atomic mass is 10.2. The summed E-state index contributed by atoms with van der Waals surface area (Å²) in [4.78, 5) is 10.7. The standard InChI is InChI=1S/C9H8F3N2O4/c1-18-7-4-5(14(16)17)2-3-6(7)13-8(15)9(10,11)12/h2-4,16H,1H3,(H,13,15)/q-1. The van der Waals surface area contributed by atoms with Gasteiger partial charge in [0.1, 0.15) is 5.75 Å². The highest BCUT2D eigenvalue weighted by atomic mass is 19.4. The maximum absolute atomic E-state index is 12.0. The Kier molecular flexibility index (Phi) is 3.99. The average molecular weight is 265 g/mol. The molecule has 100 valence electrons. The van der Waals surface area contributed by atoms with Gasteiger partial charge in [-0.05, 0) is 12.1 Å². The smallest absolute Gasteiger partial charge is 0.471 e. The van der Waals surface area contributed by atoms with Gasteiger partial charge in [0.2, 0.25) is 0 Å². The van der Waals surface area contributed by atoms with Crippen LogP contribution in [0.5, 0.6) is 5.75 Å². The van der Waals surface area contributed by atoms with Crippen molar-refractivity contribution in [2.45, 2.75) is 6.18 Å². The molecule has 9 heteroatoms. The van der Waals surface area contributed by atoms with Crippen molar-refractivity contribution in [3.8, 4) is 5.75 Å². The van der Waals surface area contributed by atoms with Gasteiger partial charge in [0.05, 0.1) is 18.5 Å². The lowest BCUT2D eigenvalue weighted by molar-refractivity contribution is -0.167. The molecule has 1 aromatic rings. The third-order valence-electron chi connectivity index (χ3n) is 1.91. The Morgan fingerprint density at radius 2 is 2.11 bits per heavy atom. The maximum atomic E-state index is 12.0. The molecular weight excluding hydrogens is 257 g/mol. The summed E-state index contributed by atoms with van der Waals surface area (Å²) in [5, 5.41) is 20.2. The Balaban J connectivity index is 3.00. The number of carbonyl (C=O) groups is 1. The number of amides is 1. The fraction of sp³-hybridized carbons (Fsp3) is 0.222. The number of ether oxygens (including phenoxy) is 1. The highest BCUT2D eigenvalue weighted by Crippen LogP contribution is 2.30. The molecule has 1 aromatic carbocycles. The number of anilines is 2. The first-order valence-electron chi connectivity index (χ1n) is 4.48. The lowest BCUT2D eigenvalue weighted by Crippen LogP contribution is -2.30. The fourth-order valence-corrected chi connectivity index (χ4v) is 1.10. The molecule has 0 bridgehead atoms. The summed E-state index contributed by atoms with van der Waals surface area (Å²) < 4.78 is 40.8. The quantitative estimate of drug-likeness (QED) is 0.815. The van der Waals surface area contributed by atoms with Crippen LogP contribution in [-0.2, 0) is 4.79 Å². The monoisotopic (exact) mass is 265 g/mol. The van der Waals surface area contributed by atoms with Gasteiger partial charge in [-0.25, -0.2) is 0 Å². The van der Waals surface area contributed by atoms with E-state index >= 15 is 0 Å². The first-order valence-corrected chi connectivity index (χ1v) is 4.48. The van der Waals surface area contributed by atoms with Crippen molar-refractivity contribution in [3.63, 3.8) is 0 Å². The van der Waals surface area contributed by atoms with Crippen molar-refractivity contribution in [1.29, 1.82) is 0 Å². The molecule has 6 nitrogen and oxygen atoms in total. The van der Waals surface area contributed by atoms with Crippen molar-refractivity contribution in [2.24, 2.45) is 0 Å². The van der Waals surface area contributed by atoms with Gasteiger partial charge >= 0.3 is 12.1 Å². The van der Waals surface area contributed by atoms with Gasteiger partial charge < -0.3 is 20.5 Å². The van der Waals surface area contributed by atoms with E-state index in [1.54, 1.807) is 5.32 Å². The summed E-state index contributed by atoms with van der Waals surface area (Å²) in [5.41, 5.74) is -0.526. The van der Waals surface area contributed by atoms with Crippen LogP contribution in [0.1, 0.15) is 0 Å². The van der Waals surface area contributed by atoms with Crippen LogP contribution in [0.25, 0.3) is 0 Å². The number of carbonyl (C=O) groups excluding carboxylic acids is 1. The molecule has 0 unspecified atom stereocenters. The molecule has 18 heavy (non-hydrogen) atoms. The molecule has 0 aliphatic rings. The van der Waals surface area contributed by atoms with Gasteiger partial charge in [-0.3, -0.25) is 10.0 Å². The second-order valence-corrected chi connectivity index (χ2v) is 3.11. The molecule has 0 aromatic heterocycles. The van der Waals surface area contributed by atoms with Crippen LogP contribution in [0.4, 0.5) is 24.5 Å². The van der Waals surface area contributed by atoms with Gasteiger partial charge in [-0.2, -0.15) is 13.2 Å². The third kappa shape index (κ3) is 3.25. The average Bonchev–Trinajstić information content (AvgIpc) is 2.27. The minimum atomic E-state index is -5.04. The van der Waals surface area contributed by atoms with Crippen molar-refractivity contribution in [2.75, 3.05) is 17.7 Å². The lowest BCUT2D eigenvalue weighted by Gasteiger charge is -2.22. The van der Waals surface area contributed by atoms with Gasteiger partial charge in [0.15, 0.2) is 0 Å². The Labute approximate surface area is 99.1 Å². The van der Waals surface area contributed by atoms with E-state index in [0.717, 1.165) is 25.3 Å². The molecule has 1 rings (SSSR count). The number of halogens is 3. The van der Waals surface area contributed by atoms with E-state index in [9.17, 15) is 23.2 Å². The number of nitrogens with one attached hydrogen (secondary N) is 1. The van der Waals surface area contributed by atoms with E-state index < -0.39 is 17.3 Å². The van der Waals surface area contributed by atoms with E-state index in [2.05, 4.69) is 0 Å². The molecule has 0 saturated carbocycles. The molecule has 0 aliphatic heterocycles. The molecule has 0 atom stereocenters. The van der Waals surface area contributed by atoms with E-state index in [1.807, 2.05) is 0 Å². The zero-order chi connectivity index (χ0) is 13.9. The molecule has 0 aliphatic carbocycles. The number of benzene rings is 1. The first-order chi connectivity index (χ1) is 8.25. The molecule has 2 N–H and O–H groups in total. The Morgan fingerprint density at radius 1 is 1.50 bits per heavy atom. The predicted molar refractivity (Wildman–Crippen MR) is 55.3 cm³/mol. The van der Waals surface area contributed by atoms with Gasteiger partial charge in [0.25, 0.3) is 0 Å². The minimum Gasteiger partial charge on any atom is -0.733 e. The van der Waals surface area contributed by atoms with Crippen LogP contribution in [0.15, 0.2) is 18.2 Å². The van der Waals surface area contributed by atoms with Gasteiger partial charge in [-0.15, -0.1) is 0 Å². The van der Waals surface area contributed by atoms with Crippen molar-refractivity contribution < 1.29 is 27.9 Å². The van der Waals surface area contributed by atoms with Gasteiger partial charge in [-0.1, -0.05) is 0 Å². The zero-order valence-corrected chi connectivity index (χ0v) is 8.99. The van der Waals surface area contributed by atoms with E-state index in [0.29, 0.717) is 0 Å². The summed E-state index contributed by atoms with van der Waals surface area (Å²) in [7, 11) is 1.13. The Morgan fingerprint density at radius 3 is 2.56 bits per heavy atom. The van der Waals surface area contributed by atoms with Crippen molar-refractivity contribution >= 4 is 17.3 Å². The molecule has 1 amide bonds. The molecule has 0 spiro atoms. The number of nitrogens with zero attached hydrogens (tertiary/aromatic N) is 1. The van der Waals surface area contributed by atoms with Crippen LogP contribution in [-0.4, -0.2) is 24.4 Å². The summed E-state index contributed by atoms with van der Waals surface area (Å²) in [5.74, 6) is -2.36.